The molecule has 0 atom stereocenters. The Morgan fingerprint density at radius 1 is 1.29 bits per heavy atom. The molecule has 17 heavy (non-hydrogen) atoms. The SMILES string of the molecule is CCCNC(=O)Cc1ccc(S(=O)(=O)Cl)cc1. The summed E-state index contributed by atoms with van der Waals surface area (Å²) in [6.07, 6.45) is 1.12. The van der Waals surface area contributed by atoms with Crippen molar-refractivity contribution in [2.75, 3.05) is 6.54 Å². The van der Waals surface area contributed by atoms with Gasteiger partial charge in [0.05, 0.1) is 11.3 Å². The van der Waals surface area contributed by atoms with Gasteiger partial charge < -0.3 is 5.32 Å². The number of hydrogen-bond donors (Lipinski definition) is 1. The average Bonchev–Trinajstić information content (AvgIpc) is 2.26. The molecule has 4 nitrogen and oxygen atoms in total. The lowest BCUT2D eigenvalue weighted by molar-refractivity contribution is -0.120. The van der Waals surface area contributed by atoms with E-state index in [1.54, 1.807) is 12.1 Å². The summed E-state index contributed by atoms with van der Waals surface area (Å²) in [7, 11) is 1.49. The predicted molar refractivity (Wildman–Crippen MR) is 66.5 cm³/mol. The van der Waals surface area contributed by atoms with Crippen molar-refractivity contribution in [3.63, 3.8) is 0 Å². The average molecular weight is 276 g/mol. The minimum atomic E-state index is -3.69. The first kappa shape index (κ1) is 14.0. The van der Waals surface area contributed by atoms with Crippen molar-refractivity contribution in [1.29, 1.82) is 0 Å². The van der Waals surface area contributed by atoms with Gasteiger partial charge in [-0.2, -0.15) is 0 Å². The fraction of sp³-hybridized carbons (Fsp3) is 0.364. The van der Waals surface area contributed by atoms with Crippen molar-refractivity contribution in [2.45, 2.75) is 24.7 Å². The van der Waals surface area contributed by atoms with Crippen molar-refractivity contribution in [3.05, 3.63) is 29.8 Å². The van der Waals surface area contributed by atoms with Gasteiger partial charge in [-0.3, -0.25) is 4.79 Å². The van der Waals surface area contributed by atoms with E-state index in [9.17, 15) is 13.2 Å². The summed E-state index contributed by atoms with van der Waals surface area (Å²) >= 11 is 0. The molecule has 0 aliphatic heterocycles. The second-order valence-corrected chi connectivity index (χ2v) is 6.17. The van der Waals surface area contributed by atoms with Crippen LogP contribution < -0.4 is 5.32 Å². The summed E-state index contributed by atoms with van der Waals surface area (Å²) < 4.78 is 22.0. The van der Waals surface area contributed by atoms with Gasteiger partial charge in [0.2, 0.25) is 5.91 Å². The van der Waals surface area contributed by atoms with E-state index in [-0.39, 0.29) is 17.2 Å². The number of halogens is 1. The van der Waals surface area contributed by atoms with Crippen LogP contribution >= 0.6 is 10.7 Å². The Bertz CT molecular complexity index is 482. The van der Waals surface area contributed by atoms with Crippen LogP contribution in [0.4, 0.5) is 0 Å². The summed E-state index contributed by atoms with van der Waals surface area (Å²) in [5.74, 6) is -0.0756. The first-order valence-corrected chi connectivity index (χ1v) is 7.54. The van der Waals surface area contributed by atoms with Crippen LogP contribution in [0, 0.1) is 0 Å². The molecule has 1 amide bonds. The molecule has 0 bridgehead atoms. The smallest absolute Gasteiger partial charge is 0.261 e. The summed E-state index contributed by atoms with van der Waals surface area (Å²) in [6, 6.07) is 5.96. The molecule has 0 fully saturated rings. The van der Waals surface area contributed by atoms with Crippen LogP contribution in [0.1, 0.15) is 18.9 Å². The molecular formula is C11H14ClNO3S. The number of amides is 1. The van der Waals surface area contributed by atoms with Crippen molar-refractivity contribution < 1.29 is 13.2 Å². The topological polar surface area (TPSA) is 63.2 Å². The van der Waals surface area contributed by atoms with Crippen molar-refractivity contribution in [2.24, 2.45) is 0 Å². The quantitative estimate of drug-likeness (QED) is 0.832. The van der Waals surface area contributed by atoms with Gasteiger partial charge in [-0.1, -0.05) is 19.1 Å². The number of carbonyl (C=O) groups is 1. The fourth-order valence-corrected chi connectivity index (χ4v) is 2.05. The zero-order chi connectivity index (χ0) is 12.9. The van der Waals surface area contributed by atoms with E-state index in [4.69, 9.17) is 10.7 Å². The van der Waals surface area contributed by atoms with E-state index < -0.39 is 9.05 Å². The van der Waals surface area contributed by atoms with Gasteiger partial charge >= 0.3 is 0 Å². The molecule has 0 aromatic heterocycles. The first-order valence-electron chi connectivity index (χ1n) is 5.24. The Kier molecular flexibility index (Phi) is 4.96. The standard InChI is InChI=1S/C11H14ClNO3S/c1-2-7-13-11(14)8-9-3-5-10(6-4-9)17(12,15)16/h3-6H,2,7-8H2,1H3,(H,13,14). The van der Waals surface area contributed by atoms with E-state index in [1.807, 2.05) is 6.92 Å². The van der Waals surface area contributed by atoms with Crippen LogP contribution in [0.15, 0.2) is 29.2 Å². The lowest BCUT2D eigenvalue weighted by Gasteiger charge is -2.04. The molecule has 0 aliphatic rings. The molecule has 1 aromatic carbocycles. The summed E-state index contributed by atoms with van der Waals surface area (Å²) in [6.45, 7) is 2.62. The molecule has 1 rings (SSSR count). The molecule has 1 N–H and O–H groups in total. The third kappa shape index (κ3) is 4.75. The van der Waals surface area contributed by atoms with Gasteiger partial charge in [0.15, 0.2) is 0 Å². The Hall–Kier alpha value is -1.07. The zero-order valence-corrected chi connectivity index (χ0v) is 11.0. The maximum absolute atomic E-state index is 11.4. The molecule has 0 saturated heterocycles. The highest BCUT2D eigenvalue weighted by Gasteiger charge is 2.09. The molecule has 0 saturated carbocycles. The minimum Gasteiger partial charge on any atom is -0.356 e. The van der Waals surface area contributed by atoms with Gasteiger partial charge in [-0.25, -0.2) is 8.42 Å². The molecule has 0 radical (unpaired) electrons. The number of benzene rings is 1. The largest absolute Gasteiger partial charge is 0.356 e. The third-order valence-corrected chi connectivity index (χ3v) is 3.51. The van der Waals surface area contributed by atoms with Crippen LogP contribution in [0.3, 0.4) is 0 Å². The number of hydrogen-bond acceptors (Lipinski definition) is 3. The zero-order valence-electron chi connectivity index (χ0n) is 9.44. The van der Waals surface area contributed by atoms with Gasteiger partial charge in [0, 0.05) is 17.2 Å². The Labute approximate surface area is 105 Å². The predicted octanol–water partition coefficient (Wildman–Crippen LogP) is 1.68. The molecule has 1 aromatic rings. The number of nitrogens with one attached hydrogen (secondary N) is 1. The minimum absolute atomic E-state index is 0.0388. The summed E-state index contributed by atoms with van der Waals surface area (Å²) in [5.41, 5.74) is 0.752. The maximum atomic E-state index is 11.4. The van der Waals surface area contributed by atoms with Gasteiger partial charge in [-0.05, 0) is 24.1 Å². The normalized spacial score (nSPS) is 11.2. The highest BCUT2D eigenvalue weighted by atomic mass is 35.7. The second kappa shape index (κ2) is 6.02. The highest BCUT2D eigenvalue weighted by Crippen LogP contribution is 2.15. The van der Waals surface area contributed by atoms with Crippen LogP contribution in [-0.4, -0.2) is 20.9 Å². The highest BCUT2D eigenvalue weighted by molar-refractivity contribution is 8.13. The van der Waals surface area contributed by atoms with Gasteiger partial charge in [0.25, 0.3) is 9.05 Å². The molecular weight excluding hydrogens is 262 g/mol. The Balaban J connectivity index is 2.66. The molecule has 0 spiro atoms. The summed E-state index contributed by atoms with van der Waals surface area (Å²) in [4.78, 5) is 11.4. The molecule has 0 heterocycles. The van der Waals surface area contributed by atoms with E-state index in [0.717, 1.165) is 12.0 Å². The molecule has 0 aliphatic carbocycles. The van der Waals surface area contributed by atoms with Crippen molar-refractivity contribution in [3.8, 4) is 0 Å². The van der Waals surface area contributed by atoms with Crippen LogP contribution in [-0.2, 0) is 20.3 Å². The maximum Gasteiger partial charge on any atom is 0.261 e. The van der Waals surface area contributed by atoms with E-state index in [1.165, 1.54) is 12.1 Å². The monoisotopic (exact) mass is 275 g/mol. The Morgan fingerprint density at radius 3 is 2.35 bits per heavy atom. The van der Waals surface area contributed by atoms with E-state index in [2.05, 4.69) is 5.32 Å². The van der Waals surface area contributed by atoms with Crippen LogP contribution in [0.2, 0.25) is 0 Å². The van der Waals surface area contributed by atoms with Crippen LogP contribution in [0.5, 0.6) is 0 Å². The third-order valence-electron chi connectivity index (χ3n) is 2.14. The van der Waals surface area contributed by atoms with E-state index in [0.29, 0.717) is 6.54 Å². The van der Waals surface area contributed by atoms with Crippen molar-refractivity contribution in [1.82, 2.24) is 5.32 Å². The van der Waals surface area contributed by atoms with Crippen LogP contribution in [0.25, 0.3) is 0 Å². The lowest BCUT2D eigenvalue weighted by Crippen LogP contribution is -2.25. The van der Waals surface area contributed by atoms with Crippen molar-refractivity contribution >= 4 is 25.6 Å². The summed E-state index contributed by atoms with van der Waals surface area (Å²) in [5, 5.41) is 2.74. The van der Waals surface area contributed by atoms with E-state index >= 15 is 0 Å². The number of rotatable bonds is 5. The molecule has 0 unspecified atom stereocenters. The van der Waals surface area contributed by atoms with Gasteiger partial charge in [0.1, 0.15) is 0 Å². The second-order valence-electron chi connectivity index (χ2n) is 3.61. The molecule has 94 valence electrons. The number of carbonyl (C=O) groups excluding carboxylic acids is 1. The first-order chi connectivity index (χ1) is 7.93. The van der Waals surface area contributed by atoms with Gasteiger partial charge in [-0.15, -0.1) is 0 Å². The fourth-order valence-electron chi connectivity index (χ4n) is 1.28. The lowest BCUT2D eigenvalue weighted by atomic mass is 10.1. The molecule has 6 heteroatoms. The Morgan fingerprint density at radius 2 is 1.88 bits per heavy atom.